The van der Waals surface area contributed by atoms with Crippen LogP contribution in [-0.4, -0.2) is 16.8 Å². The first-order valence-electron chi connectivity index (χ1n) is 3.56. The van der Waals surface area contributed by atoms with Gasteiger partial charge in [0.1, 0.15) is 0 Å². The molecule has 1 rings (SSSR count). The van der Waals surface area contributed by atoms with Crippen molar-refractivity contribution in [2.45, 2.75) is 6.42 Å². The Morgan fingerprint density at radius 1 is 1.50 bits per heavy atom. The SMILES string of the molecule is C=CCCOc1ccc(Cl)nn1. The van der Waals surface area contributed by atoms with Gasteiger partial charge in [-0.3, -0.25) is 0 Å². The molecule has 1 heterocycles. The monoisotopic (exact) mass is 184 g/mol. The van der Waals surface area contributed by atoms with E-state index in [2.05, 4.69) is 16.8 Å². The lowest BCUT2D eigenvalue weighted by atomic mass is 10.4. The fourth-order valence-electron chi connectivity index (χ4n) is 0.628. The standard InChI is InChI=1S/C8H9ClN2O/c1-2-3-6-12-8-5-4-7(9)10-11-8/h2,4-5H,1,3,6H2. The van der Waals surface area contributed by atoms with E-state index in [0.29, 0.717) is 17.6 Å². The number of halogens is 1. The van der Waals surface area contributed by atoms with Crippen molar-refractivity contribution < 1.29 is 4.74 Å². The maximum atomic E-state index is 5.53. The average Bonchev–Trinajstić information content (AvgIpc) is 2.09. The molecule has 0 amide bonds. The van der Waals surface area contributed by atoms with Crippen LogP contribution in [0.25, 0.3) is 0 Å². The second-order valence-electron chi connectivity index (χ2n) is 2.12. The van der Waals surface area contributed by atoms with Gasteiger partial charge < -0.3 is 4.74 Å². The lowest BCUT2D eigenvalue weighted by molar-refractivity contribution is 0.308. The van der Waals surface area contributed by atoms with E-state index < -0.39 is 0 Å². The number of rotatable bonds is 4. The Bertz CT molecular complexity index is 248. The predicted octanol–water partition coefficient (Wildman–Crippen LogP) is 2.08. The highest BCUT2D eigenvalue weighted by atomic mass is 35.5. The Morgan fingerprint density at radius 3 is 2.92 bits per heavy atom. The van der Waals surface area contributed by atoms with Gasteiger partial charge in [0.05, 0.1) is 6.61 Å². The highest BCUT2D eigenvalue weighted by Crippen LogP contribution is 2.08. The molecule has 0 aliphatic carbocycles. The van der Waals surface area contributed by atoms with Crippen LogP contribution in [-0.2, 0) is 0 Å². The van der Waals surface area contributed by atoms with Crippen LogP contribution in [0.1, 0.15) is 6.42 Å². The molecule has 0 N–H and O–H groups in total. The summed E-state index contributed by atoms with van der Waals surface area (Å²) < 4.78 is 5.20. The van der Waals surface area contributed by atoms with Gasteiger partial charge in [-0.15, -0.1) is 16.8 Å². The molecule has 0 saturated carbocycles. The summed E-state index contributed by atoms with van der Waals surface area (Å²) in [5, 5.41) is 7.70. The van der Waals surface area contributed by atoms with Crippen molar-refractivity contribution in [1.29, 1.82) is 0 Å². The number of hydrogen-bond donors (Lipinski definition) is 0. The minimum absolute atomic E-state index is 0.367. The Hall–Kier alpha value is -1.09. The minimum Gasteiger partial charge on any atom is -0.476 e. The quantitative estimate of drug-likeness (QED) is 0.531. The third-order valence-electron chi connectivity index (χ3n) is 1.18. The van der Waals surface area contributed by atoms with Gasteiger partial charge in [-0.05, 0) is 12.5 Å². The maximum Gasteiger partial charge on any atom is 0.233 e. The molecule has 1 aromatic heterocycles. The molecule has 4 heteroatoms. The molecule has 0 radical (unpaired) electrons. The summed E-state index contributed by atoms with van der Waals surface area (Å²) in [6.45, 7) is 4.14. The average molecular weight is 185 g/mol. The second kappa shape index (κ2) is 4.72. The summed E-state index contributed by atoms with van der Waals surface area (Å²) in [4.78, 5) is 0. The molecular formula is C8H9ClN2O. The molecule has 64 valence electrons. The van der Waals surface area contributed by atoms with Gasteiger partial charge in [0.25, 0.3) is 0 Å². The van der Waals surface area contributed by atoms with Gasteiger partial charge in [-0.2, -0.15) is 0 Å². The van der Waals surface area contributed by atoms with Gasteiger partial charge >= 0.3 is 0 Å². The third-order valence-corrected chi connectivity index (χ3v) is 1.38. The second-order valence-corrected chi connectivity index (χ2v) is 2.51. The van der Waals surface area contributed by atoms with E-state index in [0.717, 1.165) is 6.42 Å². The van der Waals surface area contributed by atoms with E-state index >= 15 is 0 Å². The summed E-state index contributed by atoms with van der Waals surface area (Å²) in [5.74, 6) is 0.487. The first-order chi connectivity index (χ1) is 5.83. The molecular weight excluding hydrogens is 176 g/mol. The van der Waals surface area contributed by atoms with E-state index in [-0.39, 0.29) is 0 Å². The smallest absolute Gasteiger partial charge is 0.233 e. The third kappa shape index (κ3) is 2.88. The summed E-state index contributed by atoms with van der Waals surface area (Å²) in [6.07, 6.45) is 2.58. The fraction of sp³-hybridized carbons (Fsp3) is 0.250. The van der Waals surface area contributed by atoms with Gasteiger partial charge in [-0.1, -0.05) is 17.7 Å². The topological polar surface area (TPSA) is 35.0 Å². The largest absolute Gasteiger partial charge is 0.476 e. The molecule has 0 aliphatic heterocycles. The van der Waals surface area contributed by atoms with Crippen molar-refractivity contribution in [2.24, 2.45) is 0 Å². The van der Waals surface area contributed by atoms with Crippen molar-refractivity contribution in [2.75, 3.05) is 6.61 Å². The van der Waals surface area contributed by atoms with Crippen molar-refractivity contribution in [3.8, 4) is 5.88 Å². The zero-order valence-electron chi connectivity index (χ0n) is 6.53. The first-order valence-corrected chi connectivity index (χ1v) is 3.93. The van der Waals surface area contributed by atoms with E-state index in [1.165, 1.54) is 0 Å². The Balaban J connectivity index is 2.42. The Labute approximate surface area is 76.0 Å². The summed E-state index contributed by atoms with van der Waals surface area (Å²) in [5.41, 5.74) is 0. The predicted molar refractivity (Wildman–Crippen MR) is 47.4 cm³/mol. The lowest BCUT2D eigenvalue weighted by Crippen LogP contribution is -1.98. The zero-order chi connectivity index (χ0) is 8.81. The number of aromatic nitrogens is 2. The summed E-state index contributed by atoms with van der Waals surface area (Å²) in [7, 11) is 0. The molecule has 0 bridgehead atoms. The lowest BCUT2D eigenvalue weighted by Gasteiger charge is -2.00. The molecule has 0 aromatic carbocycles. The van der Waals surface area contributed by atoms with Crippen molar-refractivity contribution in [1.82, 2.24) is 10.2 Å². The van der Waals surface area contributed by atoms with Crippen LogP contribution < -0.4 is 4.74 Å². The summed E-state index contributed by atoms with van der Waals surface area (Å²) in [6, 6.07) is 3.32. The van der Waals surface area contributed by atoms with Gasteiger partial charge in [0.15, 0.2) is 5.15 Å². The molecule has 0 unspecified atom stereocenters. The van der Waals surface area contributed by atoms with Crippen LogP contribution in [0.3, 0.4) is 0 Å². The number of nitrogens with zero attached hydrogens (tertiary/aromatic N) is 2. The van der Waals surface area contributed by atoms with Crippen LogP contribution in [0.15, 0.2) is 24.8 Å². The molecule has 0 aliphatic rings. The Morgan fingerprint density at radius 2 is 2.33 bits per heavy atom. The fourth-order valence-corrected chi connectivity index (χ4v) is 0.728. The maximum absolute atomic E-state index is 5.53. The molecule has 0 atom stereocenters. The molecule has 0 fully saturated rings. The van der Waals surface area contributed by atoms with Crippen molar-refractivity contribution in [3.05, 3.63) is 29.9 Å². The minimum atomic E-state index is 0.367. The molecule has 0 saturated heterocycles. The van der Waals surface area contributed by atoms with Crippen LogP contribution in [0.2, 0.25) is 5.15 Å². The van der Waals surface area contributed by atoms with Gasteiger partial charge in [0, 0.05) is 6.07 Å². The highest BCUT2D eigenvalue weighted by Gasteiger charge is 1.94. The zero-order valence-corrected chi connectivity index (χ0v) is 7.29. The van der Waals surface area contributed by atoms with Crippen LogP contribution in [0, 0.1) is 0 Å². The first kappa shape index (κ1) is 9.00. The van der Waals surface area contributed by atoms with E-state index in [9.17, 15) is 0 Å². The van der Waals surface area contributed by atoms with Gasteiger partial charge in [0.2, 0.25) is 5.88 Å². The highest BCUT2D eigenvalue weighted by molar-refractivity contribution is 6.29. The molecule has 12 heavy (non-hydrogen) atoms. The molecule has 1 aromatic rings. The number of ether oxygens (including phenoxy) is 1. The van der Waals surface area contributed by atoms with Crippen LogP contribution in [0.4, 0.5) is 0 Å². The normalized spacial score (nSPS) is 9.42. The van der Waals surface area contributed by atoms with E-state index in [1.807, 2.05) is 0 Å². The summed E-state index contributed by atoms with van der Waals surface area (Å²) >= 11 is 5.53. The van der Waals surface area contributed by atoms with E-state index in [4.69, 9.17) is 16.3 Å². The van der Waals surface area contributed by atoms with Crippen molar-refractivity contribution >= 4 is 11.6 Å². The van der Waals surface area contributed by atoms with Gasteiger partial charge in [-0.25, -0.2) is 0 Å². The number of hydrogen-bond acceptors (Lipinski definition) is 3. The van der Waals surface area contributed by atoms with E-state index in [1.54, 1.807) is 18.2 Å². The van der Waals surface area contributed by atoms with Crippen LogP contribution >= 0.6 is 11.6 Å². The van der Waals surface area contributed by atoms with Crippen molar-refractivity contribution in [3.63, 3.8) is 0 Å². The Kier molecular flexibility index (Phi) is 3.54. The molecule has 0 spiro atoms. The van der Waals surface area contributed by atoms with Crippen LogP contribution in [0.5, 0.6) is 5.88 Å². The molecule has 3 nitrogen and oxygen atoms in total.